The Bertz CT molecular complexity index is 989. The number of nitriles is 1. The first kappa shape index (κ1) is 16.0. The van der Waals surface area contributed by atoms with Crippen LogP contribution in [0, 0.1) is 29.9 Å². The highest BCUT2D eigenvalue weighted by Crippen LogP contribution is 2.34. The molecule has 0 spiro atoms. The van der Waals surface area contributed by atoms with E-state index >= 15 is 0 Å². The van der Waals surface area contributed by atoms with Gasteiger partial charge in [0.2, 0.25) is 0 Å². The van der Waals surface area contributed by atoms with Crippen LogP contribution in [0.5, 0.6) is 0 Å². The molecule has 2 N–H and O–H groups in total. The van der Waals surface area contributed by atoms with Crippen molar-refractivity contribution in [2.45, 2.75) is 6.92 Å². The lowest BCUT2D eigenvalue weighted by Crippen LogP contribution is -2.05. The van der Waals surface area contributed by atoms with E-state index in [1.807, 2.05) is 13.0 Å². The molecule has 1 aromatic heterocycles. The maximum Gasteiger partial charge on any atom is 0.149 e. The van der Waals surface area contributed by atoms with Gasteiger partial charge in [0.05, 0.1) is 5.02 Å². The van der Waals surface area contributed by atoms with E-state index in [9.17, 15) is 14.0 Å². The summed E-state index contributed by atoms with van der Waals surface area (Å²) in [5.74, 6) is -1.44. The van der Waals surface area contributed by atoms with Crippen LogP contribution in [0.2, 0.25) is 5.02 Å². The molecule has 0 aliphatic heterocycles. The van der Waals surface area contributed by atoms with Gasteiger partial charge in [0.15, 0.2) is 0 Å². The summed E-state index contributed by atoms with van der Waals surface area (Å²) in [6, 6.07) is 10.1. The van der Waals surface area contributed by atoms with Crippen LogP contribution in [0.25, 0.3) is 16.9 Å². The monoisotopic (exact) mass is 344 g/mol. The van der Waals surface area contributed by atoms with Crippen molar-refractivity contribution in [3.8, 4) is 23.0 Å². The topological polar surface area (TPSA) is 67.6 Å². The highest BCUT2D eigenvalue weighted by molar-refractivity contribution is 6.33. The molecule has 1 heterocycles. The largest absolute Gasteiger partial charge is 0.382 e. The van der Waals surface area contributed by atoms with Crippen LogP contribution >= 0.6 is 11.6 Å². The molecule has 0 unspecified atom stereocenters. The van der Waals surface area contributed by atoms with Gasteiger partial charge >= 0.3 is 0 Å². The molecule has 0 amide bonds. The third kappa shape index (κ3) is 2.59. The Morgan fingerprint density at radius 1 is 1.21 bits per heavy atom. The van der Waals surface area contributed by atoms with Crippen molar-refractivity contribution in [2.24, 2.45) is 0 Å². The number of nitrogens with zero attached hydrogens (tertiary/aromatic N) is 3. The van der Waals surface area contributed by atoms with E-state index in [1.165, 1.54) is 0 Å². The average molecular weight is 345 g/mol. The second kappa shape index (κ2) is 5.95. The Kier molecular flexibility index (Phi) is 3.96. The Balaban J connectivity index is 2.27. The van der Waals surface area contributed by atoms with E-state index in [4.69, 9.17) is 17.3 Å². The van der Waals surface area contributed by atoms with Gasteiger partial charge in [-0.25, -0.2) is 13.5 Å². The minimum Gasteiger partial charge on any atom is -0.382 e. The lowest BCUT2D eigenvalue weighted by molar-refractivity contribution is 0.588. The summed E-state index contributed by atoms with van der Waals surface area (Å²) in [6.45, 7) is 1.87. The average Bonchev–Trinajstić information content (AvgIpc) is 2.86. The molecule has 2 aromatic carbocycles. The molecule has 0 atom stereocenters. The summed E-state index contributed by atoms with van der Waals surface area (Å²) in [5, 5.41) is 14.0. The van der Waals surface area contributed by atoms with Gasteiger partial charge in [0, 0.05) is 11.6 Å². The Morgan fingerprint density at radius 3 is 2.62 bits per heavy atom. The van der Waals surface area contributed by atoms with Gasteiger partial charge in [0.1, 0.15) is 40.5 Å². The number of hydrogen-bond donors (Lipinski definition) is 1. The molecule has 3 aromatic rings. The lowest BCUT2D eigenvalue weighted by atomic mass is 10.1. The molecule has 0 aliphatic rings. The molecule has 24 heavy (non-hydrogen) atoms. The SMILES string of the molecule is Cc1ccc(-c2nn(-c3cc(F)ccc3F)c(N)c2C#N)c(Cl)c1. The number of nitrogen functional groups attached to an aromatic ring is 1. The summed E-state index contributed by atoms with van der Waals surface area (Å²) in [4.78, 5) is 0. The van der Waals surface area contributed by atoms with Gasteiger partial charge in [-0.2, -0.15) is 10.4 Å². The first-order valence-corrected chi connectivity index (χ1v) is 7.30. The van der Waals surface area contributed by atoms with Gasteiger partial charge in [0.25, 0.3) is 0 Å². The van der Waals surface area contributed by atoms with E-state index in [0.29, 0.717) is 10.6 Å². The Labute approximate surface area is 141 Å². The van der Waals surface area contributed by atoms with Crippen LogP contribution in [0.3, 0.4) is 0 Å². The molecule has 4 nitrogen and oxygen atoms in total. The third-order valence-corrected chi connectivity index (χ3v) is 3.86. The van der Waals surface area contributed by atoms with Gasteiger partial charge in [-0.15, -0.1) is 0 Å². The number of rotatable bonds is 2. The van der Waals surface area contributed by atoms with Crippen molar-refractivity contribution in [3.05, 3.63) is 64.2 Å². The molecule has 0 saturated heterocycles. The minimum absolute atomic E-state index is 0.0458. The molecule has 120 valence electrons. The summed E-state index contributed by atoms with van der Waals surface area (Å²) < 4.78 is 28.5. The second-order valence-corrected chi connectivity index (χ2v) is 5.62. The minimum atomic E-state index is -0.711. The number of hydrogen-bond acceptors (Lipinski definition) is 3. The van der Waals surface area contributed by atoms with E-state index in [2.05, 4.69) is 5.10 Å². The second-order valence-electron chi connectivity index (χ2n) is 5.21. The molecule has 0 bridgehead atoms. The maximum absolute atomic E-state index is 14.0. The van der Waals surface area contributed by atoms with Crippen molar-refractivity contribution < 1.29 is 8.78 Å². The number of aryl methyl sites for hydroxylation is 1. The molecule has 0 fully saturated rings. The Morgan fingerprint density at radius 2 is 1.96 bits per heavy atom. The summed E-state index contributed by atoms with van der Waals surface area (Å²) in [6.07, 6.45) is 0. The number of benzene rings is 2. The zero-order valence-corrected chi connectivity index (χ0v) is 13.3. The van der Waals surface area contributed by atoms with Crippen LogP contribution in [-0.2, 0) is 0 Å². The molecule has 0 radical (unpaired) electrons. The Hall–Kier alpha value is -2.91. The normalized spacial score (nSPS) is 10.6. The number of halogens is 3. The first-order valence-electron chi connectivity index (χ1n) is 6.93. The summed E-state index contributed by atoms with van der Waals surface area (Å²) in [5.41, 5.74) is 7.43. The van der Waals surface area contributed by atoms with Gasteiger partial charge in [-0.05, 0) is 30.7 Å². The van der Waals surface area contributed by atoms with Crippen LogP contribution in [0.15, 0.2) is 36.4 Å². The molecule has 0 aliphatic carbocycles. The highest BCUT2D eigenvalue weighted by Gasteiger charge is 2.21. The first-order chi connectivity index (χ1) is 11.4. The quantitative estimate of drug-likeness (QED) is 0.756. The molecule has 7 heteroatoms. The van der Waals surface area contributed by atoms with Crippen molar-refractivity contribution >= 4 is 17.4 Å². The van der Waals surface area contributed by atoms with E-state index in [1.54, 1.807) is 18.2 Å². The maximum atomic E-state index is 14.0. The molecular weight excluding hydrogens is 334 g/mol. The van der Waals surface area contributed by atoms with Crippen LogP contribution in [0.1, 0.15) is 11.1 Å². The standard InChI is InChI=1S/C17H11ClF2N4/c1-9-2-4-11(13(18)6-9)16-12(8-21)17(22)24(23-16)15-7-10(19)3-5-14(15)20/h2-7H,22H2,1H3. The van der Waals surface area contributed by atoms with Crippen molar-refractivity contribution in [1.29, 1.82) is 5.26 Å². The molecular formula is C17H11ClF2N4. The van der Waals surface area contributed by atoms with Gasteiger partial charge < -0.3 is 5.73 Å². The number of aromatic nitrogens is 2. The predicted octanol–water partition coefficient (Wildman–Crippen LogP) is 4.23. The van der Waals surface area contributed by atoms with E-state index in [-0.39, 0.29) is 22.8 Å². The third-order valence-electron chi connectivity index (χ3n) is 3.55. The fourth-order valence-electron chi connectivity index (χ4n) is 2.37. The molecule has 0 saturated carbocycles. The van der Waals surface area contributed by atoms with Crippen molar-refractivity contribution in [1.82, 2.24) is 9.78 Å². The predicted molar refractivity (Wildman–Crippen MR) is 87.8 cm³/mol. The number of anilines is 1. The fourth-order valence-corrected chi connectivity index (χ4v) is 2.70. The van der Waals surface area contributed by atoms with E-state index in [0.717, 1.165) is 28.4 Å². The zero-order chi connectivity index (χ0) is 17.4. The molecule has 3 rings (SSSR count). The number of nitrogens with two attached hydrogens (primary N) is 1. The summed E-state index contributed by atoms with van der Waals surface area (Å²) >= 11 is 6.22. The van der Waals surface area contributed by atoms with Gasteiger partial charge in [-0.1, -0.05) is 23.7 Å². The summed E-state index contributed by atoms with van der Waals surface area (Å²) in [7, 11) is 0. The zero-order valence-electron chi connectivity index (χ0n) is 12.5. The van der Waals surface area contributed by atoms with Crippen LogP contribution < -0.4 is 5.73 Å². The van der Waals surface area contributed by atoms with Crippen molar-refractivity contribution in [3.63, 3.8) is 0 Å². The highest BCUT2D eigenvalue weighted by atomic mass is 35.5. The van der Waals surface area contributed by atoms with Crippen LogP contribution in [0.4, 0.5) is 14.6 Å². The van der Waals surface area contributed by atoms with E-state index < -0.39 is 11.6 Å². The van der Waals surface area contributed by atoms with Gasteiger partial charge in [-0.3, -0.25) is 0 Å². The lowest BCUT2D eigenvalue weighted by Gasteiger charge is -2.05. The van der Waals surface area contributed by atoms with Crippen LogP contribution in [-0.4, -0.2) is 9.78 Å². The van der Waals surface area contributed by atoms with Crippen molar-refractivity contribution in [2.75, 3.05) is 5.73 Å². The smallest absolute Gasteiger partial charge is 0.149 e. The fraction of sp³-hybridized carbons (Fsp3) is 0.0588.